The van der Waals surface area contributed by atoms with E-state index in [-0.39, 0.29) is 18.6 Å². The van der Waals surface area contributed by atoms with Gasteiger partial charge in [-0.3, -0.25) is 9.78 Å². The lowest BCUT2D eigenvalue weighted by atomic mass is 10.0. The number of pyridine rings is 1. The molecular formula is C20H24N2O4. The van der Waals surface area contributed by atoms with Gasteiger partial charge >= 0.3 is 5.97 Å². The van der Waals surface area contributed by atoms with Gasteiger partial charge in [0.05, 0.1) is 22.9 Å². The van der Waals surface area contributed by atoms with Crippen molar-refractivity contribution in [3.63, 3.8) is 0 Å². The number of aryl methyl sites for hydroxylation is 2. The van der Waals surface area contributed by atoms with Crippen LogP contribution in [0, 0.1) is 6.92 Å². The summed E-state index contributed by atoms with van der Waals surface area (Å²) in [4.78, 5) is 29.1. The van der Waals surface area contributed by atoms with Gasteiger partial charge in [-0.1, -0.05) is 25.1 Å². The molecule has 138 valence electrons. The van der Waals surface area contributed by atoms with Gasteiger partial charge in [0.25, 0.3) is 5.91 Å². The van der Waals surface area contributed by atoms with Gasteiger partial charge < -0.3 is 14.8 Å². The maximum absolute atomic E-state index is 12.6. The molecule has 1 aliphatic heterocycles. The number of aromatic nitrogens is 1. The number of amides is 1. The Labute approximate surface area is 152 Å². The molecule has 3 rings (SSSR count). The van der Waals surface area contributed by atoms with E-state index in [9.17, 15) is 9.59 Å². The van der Waals surface area contributed by atoms with E-state index in [1.54, 1.807) is 0 Å². The van der Waals surface area contributed by atoms with E-state index in [1.807, 2.05) is 38.1 Å². The van der Waals surface area contributed by atoms with Crippen LogP contribution in [0.2, 0.25) is 0 Å². The monoisotopic (exact) mass is 356 g/mol. The fourth-order valence-corrected chi connectivity index (χ4v) is 3.25. The number of nitrogens with one attached hydrogen (secondary N) is 1. The van der Waals surface area contributed by atoms with Crippen LogP contribution >= 0.6 is 0 Å². The smallest absolute Gasteiger partial charge is 0.340 e. The standard InChI is InChI=1S/C20H24N2O4/c1-3-16-19(13(2)15-8-4-5-9-17(15)22-16)20(24)26-12-18(23)21-11-14-7-6-10-25-14/h4-5,8-9,14H,3,6-7,10-12H2,1-2H3,(H,21,23)/t14-/m1/s1. The van der Waals surface area contributed by atoms with Crippen LogP contribution in [-0.2, 0) is 20.7 Å². The average Bonchev–Trinajstić information content (AvgIpc) is 3.18. The molecule has 1 aliphatic rings. The molecule has 2 heterocycles. The molecule has 0 radical (unpaired) electrons. The van der Waals surface area contributed by atoms with Crippen molar-refractivity contribution in [2.45, 2.75) is 39.2 Å². The van der Waals surface area contributed by atoms with E-state index in [2.05, 4.69) is 10.3 Å². The van der Waals surface area contributed by atoms with E-state index in [0.29, 0.717) is 24.2 Å². The van der Waals surface area contributed by atoms with Gasteiger partial charge in [-0.05, 0) is 37.8 Å². The molecule has 1 amide bonds. The van der Waals surface area contributed by atoms with Crippen molar-refractivity contribution in [1.29, 1.82) is 0 Å². The first kappa shape index (κ1) is 18.3. The molecule has 1 saturated heterocycles. The third kappa shape index (κ3) is 4.02. The van der Waals surface area contributed by atoms with Crippen molar-refractivity contribution < 1.29 is 19.1 Å². The Morgan fingerprint density at radius 3 is 2.88 bits per heavy atom. The van der Waals surface area contributed by atoms with Crippen LogP contribution in [0.1, 0.15) is 41.4 Å². The number of ether oxygens (including phenoxy) is 2. The molecule has 26 heavy (non-hydrogen) atoms. The van der Waals surface area contributed by atoms with Crippen LogP contribution in [0.3, 0.4) is 0 Å². The third-order valence-corrected chi connectivity index (χ3v) is 4.65. The first-order chi connectivity index (χ1) is 12.6. The second kappa shape index (κ2) is 8.27. The number of carbonyl (C=O) groups is 2. The van der Waals surface area contributed by atoms with Gasteiger partial charge in [-0.15, -0.1) is 0 Å². The molecule has 6 heteroatoms. The lowest BCUT2D eigenvalue weighted by molar-refractivity contribution is -0.124. The van der Waals surface area contributed by atoms with Gasteiger partial charge in [0.1, 0.15) is 0 Å². The van der Waals surface area contributed by atoms with Crippen molar-refractivity contribution in [1.82, 2.24) is 10.3 Å². The summed E-state index contributed by atoms with van der Waals surface area (Å²) >= 11 is 0. The van der Waals surface area contributed by atoms with Gasteiger partial charge in [-0.2, -0.15) is 0 Å². The van der Waals surface area contributed by atoms with Gasteiger partial charge in [0.2, 0.25) is 0 Å². The van der Waals surface area contributed by atoms with E-state index >= 15 is 0 Å². The largest absolute Gasteiger partial charge is 0.452 e. The molecule has 0 bridgehead atoms. The Hall–Kier alpha value is -2.47. The minimum absolute atomic E-state index is 0.0632. The molecule has 1 N–H and O–H groups in total. The predicted molar refractivity (Wildman–Crippen MR) is 98.1 cm³/mol. The molecule has 0 unspecified atom stereocenters. The number of esters is 1. The lowest BCUT2D eigenvalue weighted by Gasteiger charge is -2.14. The highest BCUT2D eigenvalue weighted by Gasteiger charge is 2.21. The minimum atomic E-state index is -0.509. The molecule has 1 aromatic heterocycles. The summed E-state index contributed by atoms with van der Waals surface area (Å²) in [5.41, 5.74) is 2.83. The van der Waals surface area contributed by atoms with Gasteiger partial charge in [0, 0.05) is 18.5 Å². The van der Waals surface area contributed by atoms with Crippen LogP contribution in [0.5, 0.6) is 0 Å². The molecule has 0 aliphatic carbocycles. The first-order valence-electron chi connectivity index (χ1n) is 9.03. The Morgan fingerprint density at radius 2 is 2.15 bits per heavy atom. The normalized spacial score (nSPS) is 16.6. The molecule has 0 saturated carbocycles. The molecule has 6 nitrogen and oxygen atoms in total. The van der Waals surface area contributed by atoms with Crippen LogP contribution in [-0.4, -0.2) is 42.7 Å². The molecule has 1 aromatic carbocycles. The Morgan fingerprint density at radius 1 is 1.35 bits per heavy atom. The zero-order valence-corrected chi connectivity index (χ0v) is 15.2. The van der Waals surface area contributed by atoms with Gasteiger partial charge in [-0.25, -0.2) is 4.79 Å². The second-order valence-corrected chi connectivity index (χ2v) is 6.44. The summed E-state index contributed by atoms with van der Waals surface area (Å²) in [6, 6.07) is 7.69. The molecule has 1 atom stereocenters. The topological polar surface area (TPSA) is 77.5 Å². The number of rotatable bonds is 6. The summed E-state index contributed by atoms with van der Waals surface area (Å²) in [7, 11) is 0. The third-order valence-electron chi connectivity index (χ3n) is 4.65. The van der Waals surface area contributed by atoms with Crippen LogP contribution < -0.4 is 5.32 Å². The zero-order valence-electron chi connectivity index (χ0n) is 15.2. The average molecular weight is 356 g/mol. The van der Waals surface area contributed by atoms with Crippen LogP contribution in [0.4, 0.5) is 0 Å². The molecule has 0 spiro atoms. The van der Waals surface area contributed by atoms with Crippen molar-refractivity contribution in [2.75, 3.05) is 19.8 Å². The van der Waals surface area contributed by atoms with Crippen molar-refractivity contribution in [3.8, 4) is 0 Å². The summed E-state index contributed by atoms with van der Waals surface area (Å²) in [5, 5.41) is 3.66. The Balaban J connectivity index is 1.67. The number of hydrogen-bond acceptors (Lipinski definition) is 5. The van der Waals surface area contributed by atoms with Crippen LogP contribution in [0.15, 0.2) is 24.3 Å². The zero-order chi connectivity index (χ0) is 18.5. The van der Waals surface area contributed by atoms with Gasteiger partial charge in [0.15, 0.2) is 6.61 Å². The molecule has 1 fully saturated rings. The highest BCUT2D eigenvalue weighted by Crippen LogP contribution is 2.24. The number of nitrogens with zero attached hydrogens (tertiary/aromatic N) is 1. The highest BCUT2D eigenvalue weighted by atomic mass is 16.5. The molecular weight excluding hydrogens is 332 g/mol. The predicted octanol–water partition coefficient (Wildman–Crippen LogP) is 2.56. The number of benzene rings is 1. The maximum atomic E-state index is 12.6. The Kier molecular flexibility index (Phi) is 5.83. The minimum Gasteiger partial charge on any atom is -0.452 e. The molecule has 2 aromatic rings. The van der Waals surface area contributed by atoms with E-state index in [4.69, 9.17) is 9.47 Å². The SMILES string of the molecule is CCc1nc2ccccc2c(C)c1C(=O)OCC(=O)NC[C@H]1CCCO1. The van der Waals surface area contributed by atoms with E-state index in [0.717, 1.165) is 35.9 Å². The lowest BCUT2D eigenvalue weighted by Crippen LogP contribution is -2.35. The summed E-state index contributed by atoms with van der Waals surface area (Å²) in [6.45, 7) is 4.72. The number of carbonyl (C=O) groups excluding carboxylic acids is 2. The van der Waals surface area contributed by atoms with Crippen molar-refractivity contribution >= 4 is 22.8 Å². The number of fused-ring (bicyclic) bond motifs is 1. The fraction of sp³-hybridized carbons (Fsp3) is 0.450. The number of para-hydroxylation sites is 1. The van der Waals surface area contributed by atoms with E-state index in [1.165, 1.54) is 0 Å². The Bertz CT molecular complexity index is 813. The van der Waals surface area contributed by atoms with Crippen molar-refractivity contribution in [3.05, 3.63) is 41.1 Å². The number of hydrogen-bond donors (Lipinski definition) is 1. The second-order valence-electron chi connectivity index (χ2n) is 6.44. The fourth-order valence-electron chi connectivity index (χ4n) is 3.25. The van der Waals surface area contributed by atoms with Crippen molar-refractivity contribution in [2.24, 2.45) is 0 Å². The quantitative estimate of drug-likeness (QED) is 0.805. The maximum Gasteiger partial charge on any atom is 0.340 e. The summed E-state index contributed by atoms with van der Waals surface area (Å²) in [5.74, 6) is -0.830. The van der Waals surface area contributed by atoms with Crippen LogP contribution in [0.25, 0.3) is 10.9 Å². The van der Waals surface area contributed by atoms with E-state index < -0.39 is 5.97 Å². The summed E-state index contributed by atoms with van der Waals surface area (Å²) in [6.07, 6.45) is 2.64. The summed E-state index contributed by atoms with van der Waals surface area (Å²) < 4.78 is 10.7. The first-order valence-corrected chi connectivity index (χ1v) is 9.03. The highest BCUT2D eigenvalue weighted by molar-refractivity contribution is 5.99.